The maximum Gasteiger partial charge on any atom is 0.243 e. The molecule has 0 aliphatic carbocycles. The van der Waals surface area contributed by atoms with Gasteiger partial charge in [-0.3, -0.25) is 9.78 Å². The molecule has 0 aliphatic rings. The molecule has 0 saturated heterocycles. The third-order valence-corrected chi connectivity index (χ3v) is 1.95. The molecule has 1 amide bonds. The first kappa shape index (κ1) is 12.4. The van der Waals surface area contributed by atoms with Crippen molar-refractivity contribution in [3.8, 4) is 0 Å². The maximum absolute atomic E-state index is 11.4. The second-order valence-electron chi connectivity index (χ2n) is 4.77. The van der Waals surface area contributed by atoms with E-state index in [1.165, 1.54) is 0 Å². The molecule has 3 heteroatoms. The summed E-state index contributed by atoms with van der Waals surface area (Å²) in [7, 11) is 0. The third-order valence-electron chi connectivity index (χ3n) is 1.95. The summed E-state index contributed by atoms with van der Waals surface area (Å²) >= 11 is 0. The normalized spacial score (nSPS) is 11.7. The van der Waals surface area contributed by atoms with Crippen molar-refractivity contribution in [2.24, 2.45) is 5.41 Å². The Hall–Kier alpha value is -1.64. The highest BCUT2D eigenvalue weighted by molar-refractivity contribution is 5.87. The molecule has 0 unspecified atom stereocenters. The lowest BCUT2D eigenvalue weighted by Gasteiger charge is -2.10. The van der Waals surface area contributed by atoms with Crippen LogP contribution in [0, 0.1) is 5.41 Å². The molecule has 1 rings (SSSR count). The Morgan fingerprint density at radius 3 is 2.56 bits per heavy atom. The highest BCUT2D eigenvalue weighted by atomic mass is 16.1. The van der Waals surface area contributed by atoms with Gasteiger partial charge in [0.05, 0.1) is 0 Å². The summed E-state index contributed by atoms with van der Waals surface area (Å²) in [6.07, 6.45) is 6.91. The van der Waals surface area contributed by atoms with Crippen LogP contribution in [-0.2, 0) is 11.3 Å². The van der Waals surface area contributed by atoms with Crippen LogP contribution in [0.2, 0.25) is 0 Å². The molecule has 0 atom stereocenters. The highest BCUT2D eigenvalue weighted by Crippen LogP contribution is 2.13. The van der Waals surface area contributed by atoms with Crippen LogP contribution in [0.1, 0.15) is 26.3 Å². The first-order valence-corrected chi connectivity index (χ1v) is 5.33. The van der Waals surface area contributed by atoms with Crippen LogP contribution in [0.5, 0.6) is 0 Å². The second-order valence-corrected chi connectivity index (χ2v) is 4.77. The van der Waals surface area contributed by atoms with E-state index in [9.17, 15) is 4.79 Å². The van der Waals surface area contributed by atoms with E-state index in [4.69, 9.17) is 0 Å². The van der Waals surface area contributed by atoms with Crippen LogP contribution in [0.15, 0.2) is 36.7 Å². The quantitative estimate of drug-likeness (QED) is 0.791. The van der Waals surface area contributed by atoms with E-state index >= 15 is 0 Å². The highest BCUT2D eigenvalue weighted by Gasteiger charge is 2.05. The van der Waals surface area contributed by atoms with Gasteiger partial charge in [0, 0.05) is 18.9 Å². The van der Waals surface area contributed by atoms with Gasteiger partial charge in [-0.05, 0) is 29.2 Å². The van der Waals surface area contributed by atoms with Gasteiger partial charge in [0.15, 0.2) is 0 Å². The van der Waals surface area contributed by atoms with Crippen molar-refractivity contribution in [1.82, 2.24) is 10.3 Å². The van der Waals surface area contributed by atoms with E-state index < -0.39 is 0 Å². The molecule has 16 heavy (non-hydrogen) atoms. The van der Waals surface area contributed by atoms with Crippen molar-refractivity contribution in [1.29, 1.82) is 0 Å². The SMILES string of the molecule is CC(C)(C)/C=C/C(=O)NCc1ccncc1. The summed E-state index contributed by atoms with van der Waals surface area (Å²) < 4.78 is 0. The van der Waals surface area contributed by atoms with Crippen LogP contribution >= 0.6 is 0 Å². The van der Waals surface area contributed by atoms with Crippen LogP contribution in [0.4, 0.5) is 0 Å². The van der Waals surface area contributed by atoms with Gasteiger partial charge in [-0.2, -0.15) is 0 Å². The predicted octanol–water partition coefficient (Wildman–Crippen LogP) is 2.30. The zero-order valence-corrected chi connectivity index (χ0v) is 10.0. The molecule has 1 heterocycles. The average Bonchev–Trinajstić information content (AvgIpc) is 2.24. The number of rotatable bonds is 3. The number of aromatic nitrogens is 1. The summed E-state index contributed by atoms with van der Waals surface area (Å²) in [4.78, 5) is 15.4. The second kappa shape index (κ2) is 5.45. The van der Waals surface area contributed by atoms with Crippen molar-refractivity contribution < 1.29 is 4.79 Å². The molecule has 0 spiro atoms. The fraction of sp³-hybridized carbons (Fsp3) is 0.385. The van der Waals surface area contributed by atoms with Crippen molar-refractivity contribution in [2.75, 3.05) is 0 Å². The largest absolute Gasteiger partial charge is 0.348 e. The zero-order valence-electron chi connectivity index (χ0n) is 10.0. The molecule has 0 bridgehead atoms. The van der Waals surface area contributed by atoms with E-state index in [0.29, 0.717) is 6.54 Å². The summed E-state index contributed by atoms with van der Waals surface area (Å²) in [6, 6.07) is 3.77. The fourth-order valence-corrected chi connectivity index (χ4v) is 1.07. The van der Waals surface area contributed by atoms with E-state index in [1.54, 1.807) is 18.5 Å². The van der Waals surface area contributed by atoms with Crippen LogP contribution in [-0.4, -0.2) is 10.9 Å². The van der Waals surface area contributed by atoms with Crippen LogP contribution < -0.4 is 5.32 Å². The van der Waals surface area contributed by atoms with Gasteiger partial charge in [-0.15, -0.1) is 0 Å². The minimum absolute atomic E-state index is 0.0357. The monoisotopic (exact) mass is 218 g/mol. The Balaban J connectivity index is 2.40. The lowest BCUT2D eigenvalue weighted by Crippen LogP contribution is -2.20. The molecule has 0 aromatic carbocycles. The van der Waals surface area contributed by atoms with Crippen LogP contribution in [0.3, 0.4) is 0 Å². The van der Waals surface area contributed by atoms with Gasteiger partial charge in [-0.25, -0.2) is 0 Å². The minimum atomic E-state index is -0.0632. The number of pyridine rings is 1. The Morgan fingerprint density at radius 2 is 2.00 bits per heavy atom. The first-order chi connectivity index (χ1) is 7.47. The van der Waals surface area contributed by atoms with E-state index in [2.05, 4.69) is 31.1 Å². The fourth-order valence-electron chi connectivity index (χ4n) is 1.07. The van der Waals surface area contributed by atoms with Crippen molar-refractivity contribution in [2.45, 2.75) is 27.3 Å². The Bertz CT molecular complexity index is 363. The molecule has 0 radical (unpaired) electrons. The predicted molar refractivity (Wildman–Crippen MR) is 64.7 cm³/mol. The van der Waals surface area contributed by atoms with Gasteiger partial charge in [0.2, 0.25) is 5.91 Å². The molecule has 1 N–H and O–H groups in total. The molecule has 3 nitrogen and oxygen atoms in total. The first-order valence-electron chi connectivity index (χ1n) is 5.33. The average molecular weight is 218 g/mol. The Kier molecular flexibility index (Phi) is 4.23. The lowest BCUT2D eigenvalue weighted by atomic mass is 9.96. The Labute approximate surface area is 96.6 Å². The van der Waals surface area contributed by atoms with Crippen molar-refractivity contribution in [3.05, 3.63) is 42.2 Å². The molecule has 0 fully saturated rings. The minimum Gasteiger partial charge on any atom is -0.348 e. The van der Waals surface area contributed by atoms with Crippen molar-refractivity contribution in [3.63, 3.8) is 0 Å². The molecular weight excluding hydrogens is 200 g/mol. The van der Waals surface area contributed by atoms with E-state index in [1.807, 2.05) is 18.2 Å². The molecule has 0 saturated carbocycles. The number of hydrogen-bond acceptors (Lipinski definition) is 2. The van der Waals surface area contributed by atoms with Gasteiger partial charge in [-0.1, -0.05) is 26.8 Å². The standard InChI is InChI=1S/C13H18N2O/c1-13(2,3)7-4-12(16)15-10-11-5-8-14-9-6-11/h4-9H,10H2,1-3H3,(H,15,16)/b7-4+. The van der Waals surface area contributed by atoms with Gasteiger partial charge in [0.1, 0.15) is 0 Å². The number of nitrogens with zero attached hydrogens (tertiary/aromatic N) is 1. The Morgan fingerprint density at radius 1 is 1.38 bits per heavy atom. The third kappa shape index (κ3) is 5.29. The lowest BCUT2D eigenvalue weighted by molar-refractivity contribution is -0.116. The molecule has 0 aliphatic heterocycles. The smallest absolute Gasteiger partial charge is 0.243 e. The van der Waals surface area contributed by atoms with Gasteiger partial charge in [0.25, 0.3) is 0 Å². The van der Waals surface area contributed by atoms with Gasteiger partial charge < -0.3 is 5.32 Å². The van der Waals surface area contributed by atoms with E-state index in [0.717, 1.165) is 5.56 Å². The van der Waals surface area contributed by atoms with Crippen LogP contribution in [0.25, 0.3) is 0 Å². The summed E-state index contributed by atoms with van der Waals surface area (Å²) in [5, 5.41) is 2.82. The number of carbonyl (C=O) groups is 1. The number of amides is 1. The molecule has 1 aromatic rings. The zero-order chi connectivity index (χ0) is 12.0. The molecular formula is C13H18N2O. The van der Waals surface area contributed by atoms with Crippen molar-refractivity contribution >= 4 is 5.91 Å². The molecule has 86 valence electrons. The maximum atomic E-state index is 11.4. The summed E-state index contributed by atoms with van der Waals surface area (Å²) in [6.45, 7) is 6.70. The number of nitrogens with one attached hydrogen (secondary N) is 1. The number of carbonyl (C=O) groups excluding carboxylic acids is 1. The van der Waals surface area contributed by atoms with Gasteiger partial charge >= 0.3 is 0 Å². The summed E-state index contributed by atoms with van der Waals surface area (Å²) in [5.74, 6) is -0.0632. The number of hydrogen-bond donors (Lipinski definition) is 1. The molecule has 1 aromatic heterocycles. The summed E-state index contributed by atoms with van der Waals surface area (Å²) in [5.41, 5.74) is 1.08. The number of allylic oxidation sites excluding steroid dienone is 1. The van der Waals surface area contributed by atoms with E-state index in [-0.39, 0.29) is 11.3 Å². The topological polar surface area (TPSA) is 42.0 Å².